The summed E-state index contributed by atoms with van der Waals surface area (Å²) in [6, 6.07) is 0.187. The standard InChI is InChI=1S/C9H14N2O/c1-6(2)11-9(12)8-5-10-4-7(8)3/h4-6,10H,1-3H3,(H,11,12). The van der Waals surface area contributed by atoms with Crippen LogP contribution in [-0.2, 0) is 0 Å². The average Bonchev–Trinajstić information content (AvgIpc) is 2.33. The number of carbonyl (C=O) groups is 1. The quantitative estimate of drug-likeness (QED) is 0.686. The maximum atomic E-state index is 11.4. The van der Waals surface area contributed by atoms with Crippen LogP contribution in [0.25, 0.3) is 0 Å². The van der Waals surface area contributed by atoms with E-state index in [0.29, 0.717) is 0 Å². The molecule has 0 aromatic carbocycles. The summed E-state index contributed by atoms with van der Waals surface area (Å²) in [4.78, 5) is 14.3. The summed E-state index contributed by atoms with van der Waals surface area (Å²) in [7, 11) is 0. The molecular weight excluding hydrogens is 152 g/mol. The SMILES string of the molecule is Cc1c[nH]cc1C(=O)NC(C)C. The highest BCUT2D eigenvalue weighted by molar-refractivity contribution is 5.95. The number of H-pyrrole nitrogens is 1. The molecule has 0 spiro atoms. The van der Waals surface area contributed by atoms with E-state index < -0.39 is 0 Å². The zero-order valence-electron chi connectivity index (χ0n) is 7.64. The Hall–Kier alpha value is -1.25. The zero-order chi connectivity index (χ0) is 9.14. The van der Waals surface area contributed by atoms with Crippen molar-refractivity contribution >= 4 is 5.91 Å². The van der Waals surface area contributed by atoms with Crippen LogP contribution in [0, 0.1) is 6.92 Å². The van der Waals surface area contributed by atoms with E-state index in [9.17, 15) is 4.79 Å². The monoisotopic (exact) mass is 166 g/mol. The summed E-state index contributed by atoms with van der Waals surface area (Å²) >= 11 is 0. The number of carbonyl (C=O) groups excluding carboxylic acids is 1. The van der Waals surface area contributed by atoms with Crippen LogP contribution in [0.1, 0.15) is 29.8 Å². The molecule has 12 heavy (non-hydrogen) atoms. The molecule has 0 aliphatic carbocycles. The van der Waals surface area contributed by atoms with E-state index in [1.54, 1.807) is 6.20 Å². The van der Waals surface area contributed by atoms with Gasteiger partial charge in [0.2, 0.25) is 0 Å². The van der Waals surface area contributed by atoms with Crippen LogP contribution >= 0.6 is 0 Å². The second-order valence-electron chi connectivity index (χ2n) is 3.18. The van der Waals surface area contributed by atoms with E-state index in [-0.39, 0.29) is 11.9 Å². The van der Waals surface area contributed by atoms with E-state index in [1.807, 2.05) is 27.0 Å². The fraction of sp³-hybridized carbons (Fsp3) is 0.444. The lowest BCUT2D eigenvalue weighted by molar-refractivity contribution is 0.0943. The Labute approximate surface area is 72.2 Å². The van der Waals surface area contributed by atoms with E-state index in [0.717, 1.165) is 11.1 Å². The van der Waals surface area contributed by atoms with Crippen LogP contribution in [-0.4, -0.2) is 16.9 Å². The van der Waals surface area contributed by atoms with E-state index >= 15 is 0 Å². The number of nitrogens with one attached hydrogen (secondary N) is 2. The molecule has 0 bridgehead atoms. The maximum absolute atomic E-state index is 11.4. The molecule has 0 fully saturated rings. The topological polar surface area (TPSA) is 44.9 Å². The van der Waals surface area contributed by atoms with Gasteiger partial charge in [0.05, 0.1) is 5.56 Å². The van der Waals surface area contributed by atoms with Crippen LogP contribution in [0.15, 0.2) is 12.4 Å². The predicted molar refractivity (Wildman–Crippen MR) is 48.1 cm³/mol. The second-order valence-corrected chi connectivity index (χ2v) is 3.18. The predicted octanol–water partition coefficient (Wildman–Crippen LogP) is 1.46. The number of rotatable bonds is 2. The number of aryl methyl sites for hydroxylation is 1. The highest BCUT2D eigenvalue weighted by atomic mass is 16.1. The molecule has 0 saturated carbocycles. The smallest absolute Gasteiger partial charge is 0.253 e. The van der Waals surface area contributed by atoms with Crippen LogP contribution in [0.5, 0.6) is 0 Å². The fourth-order valence-corrected chi connectivity index (χ4v) is 1.03. The first-order chi connectivity index (χ1) is 5.61. The van der Waals surface area contributed by atoms with Crippen molar-refractivity contribution in [1.29, 1.82) is 0 Å². The van der Waals surface area contributed by atoms with Gasteiger partial charge in [-0.2, -0.15) is 0 Å². The van der Waals surface area contributed by atoms with Crippen LogP contribution in [0.3, 0.4) is 0 Å². The van der Waals surface area contributed by atoms with Gasteiger partial charge in [-0.15, -0.1) is 0 Å². The largest absolute Gasteiger partial charge is 0.367 e. The number of aromatic amines is 1. The summed E-state index contributed by atoms with van der Waals surface area (Å²) in [6.07, 6.45) is 3.53. The van der Waals surface area contributed by atoms with Crippen molar-refractivity contribution in [3.05, 3.63) is 23.5 Å². The molecule has 1 aromatic rings. The third-order valence-electron chi connectivity index (χ3n) is 1.62. The van der Waals surface area contributed by atoms with Gasteiger partial charge in [-0.05, 0) is 26.3 Å². The van der Waals surface area contributed by atoms with Gasteiger partial charge in [-0.1, -0.05) is 0 Å². The summed E-state index contributed by atoms with van der Waals surface area (Å²) in [5.74, 6) is -0.0104. The molecule has 1 rings (SSSR count). The molecule has 1 amide bonds. The van der Waals surface area contributed by atoms with Crippen molar-refractivity contribution in [3.63, 3.8) is 0 Å². The Morgan fingerprint density at radius 3 is 2.58 bits per heavy atom. The Kier molecular flexibility index (Phi) is 2.53. The van der Waals surface area contributed by atoms with Gasteiger partial charge in [0.25, 0.3) is 5.91 Å². The first-order valence-electron chi connectivity index (χ1n) is 4.05. The second kappa shape index (κ2) is 3.43. The van der Waals surface area contributed by atoms with Crippen LogP contribution < -0.4 is 5.32 Å². The Morgan fingerprint density at radius 1 is 1.50 bits per heavy atom. The van der Waals surface area contributed by atoms with Gasteiger partial charge in [-0.25, -0.2) is 0 Å². The van der Waals surface area contributed by atoms with Crippen molar-refractivity contribution in [3.8, 4) is 0 Å². The lowest BCUT2D eigenvalue weighted by Crippen LogP contribution is -2.30. The van der Waals surface area contributed by atoms with Gasteiger partial charge in [0.15, 0.2) is 0 Å². The number of hydrogen-bond donors (Lipinski definition) is 2. The van der Waals surface area contributed by atoms with Crippen molar-refractivity contribution in [2.24, 2.45) is 0 Å². The van der Waals surface area contributed by atoms with Gasteiger partial charge in [0, 0.05) is 18.4 Å². The van der Waals surface area contributed by atoms with Crippen molar-refractivity contribution in [2.45, 2.75) is 26.8 Å². The highest BCUT2D eigenvalue weighted by Gasteiger charge is 2.09. The summed E-state index contributed by atoms with van der Waals surface area (Å²) < 4.78 is 0. The van der Waals surface area contributed by atoms with E-state index in [1.165, 1.54) is 0 Å². The van der Waals surface area contributed by atoms with Crippen LogP contribution in [0.4, 0.5) is 0 Å². The van der Waals surface area contributed by atoms with Crippen molar-refractivity contribution in [1.82, 2.24) is 10.3 Å². The summed E-state index contributed by atoms with van der Waals surface area (Å²) in [5, 5.41) is 2.83. The molecule has 2 N–H and O–H groups in total. The molecule has 1 heterocycles. The van der Waals surface area contributed by atoms with Gasteiger partial charge >= 0.3 is 0 Å². The van der Waals surface area contributed by atoms with Gasteiger partial charge in [0.1, 0.15) is 0 Å². The van der Waals surface area contributed by atoms with E-state index in [4.69, 9.17) is 0 Å². The molecule has 0 radical (unpaired) electrons. The lowest BCUT2D eigenvalue weighted by atomic mass is 10.2. The molecule has 66 valence electrons. The lowest BCUT2D eigenvalue weighted by Gasteiger charge is -2.06. The minimum atomic E-state index is -0.0104. The molecule has 3 heteroatoms. The molecule has 0 aliphatic rings. The van der Waals surface area contributed by atoms with Crippen molar-refractivity contribution < 1.29 is 4.79 Å². The first kappa shape index (κ1) is 8.84. The number of aromatic nitrogens is 1. The normalized spacial score (nSPS) is 10.3. The third-order valence-corrected chi connectivity index (χ3v) is 1.62. The highest BCUT2D eigenvalue weighted by Crippen LogP contribution is 2.05. The Morgan fingerprint density at radius 2 is 2.17 bits per heavy atom. The Bertz CT molecular complexity index is 276. The Balaban J connectivity index is 2.72. The fourth-order valence-electron chi connectivity index (χ4n) is 1.03. The molecule has 3 nitrogen and oxygen atoms in total. The van der Waals surface area contributed by atoms with Crippen LogP contribution in [0.2, 0.25) is 0 Å². The molecule has 0 aliphatic heterocycles. The first-order valence-corrected chi connectivity index (χ1v) is 4.05. The maximum Gasteiger partial charge on any atom is 0.253 e. The molecule has 0 atom stereocenters. The van der Waals surface area contributed by atoms with E-state index in [2.05, 4.69) is 10.3 Å². The van der Waals surface area contributed by atoms with Gasteiger partial charge < -0.3 is 10.3 Å². The average molecular weight is 166 g/mol. The summed E-state index contributed by atoms with van der Waals surface area (Å²) in [5.41, 5.74) is 1.71. The third kappa shape index (κ3) is 1.87. The summed E-state index contributed by atoms with van der Waals surface area (Å²) in [6.45, 7) is 5.80. The number of hydrogen-bond acceptors (Lipinski definition) is 1. The molecular formula is C9H14N2O. The van der Waals surface area contributed by atoms with Gasteiger partial charge in [-0.3, -0.25) is 4.79 Å². The minimum Gasteiger partial charge on any atom is -0.367 e. The number of amides is 1. The minimum absolute atomic E-state index is 0.0104. The molecule has 0 unspecified atom stereocenters. The molecule has 0 saturated heterocycles. The van der Waals surface area contributed by atoms with Crippen molar-refractivity contribution in [2.75, 3.05) is 0 Å². The zero-order valence-corrected chi connectivity index (χ0v) is 7.64. The molecule has 1 aromatic heterocycles.